The first-order valence-corrected chi connectivity index (χ1v) is 7.44. The maximum absolute atomic E-state index is 13.9. The Morgan fingerprint density at radius 3 is 2.29 bits per heavy atom. The summed E-state index contributed by atoms with van der Waals surface area (Å²) in [5.74, 6) is -5.50. The third-order valence-electron chi connectivity index (χ3n) is 2.69. The zero-order valence-electron chi connectivity index (χ0n) is 11.6. The van der Waals surface area contributed by atoms with Gasteiger partial charge in [0.05, 0.1) is 5.39 Å². The SMILES string of the molecule is CC(=O)Oc1cc(OS(=O)(=O)C(F)(F)F)c2c(F)c(F)ccc2c1. The Morgan fingerprint density at radius 2 is 1.75 bits per heavy atom. The Hall–Kier alpha value is -2.43. The quantitative estimate of drug-likeness (QED) is 0.273. The molecule has 0 radical (unpaired) electrons. The molecule has 0 aliphatic carbocycles. The van der Waals surface area contributed by atoms with Crippen molar-refractivity contribution in [1.29, 1.82) is 0 Å². The number of fused-ring (bicyclic) bond motifs is 1. The zero-order chi connectivity index (χ0) is 18.3. The van der Waals surface area contributed by atoms with Crippen molar-refractivity contribution in [2.75, 3.05) is 0 Å². The van der Waals surface area contributed by atoms with Crippen LogP contribution in [0.5, 0.6) is 11.5 Å². The fourth-order valence-corrected chi connectivity index (χ4v) is 2.25. The predicted octanol–water partition coefficient (Wildman–Crippen LogP) is 3.27. The standard InChI is InChI=1S/C13H7F5O5S/c1-6(19)22-8-4-7-2-3-9(14)12(15)11(7)10(5-8)23-24(20,21)13(16,17)18/h2-5H,1H3. The van der Waals surface area contributed by atoms with E-state index in [0.717, 1.165) is 19.1 Å². The minimum atomic E-state index is -6.15. The lowest BCUT2D eigenvalue weighted by molar-refractivity contribution is -0.131. The summed E-state index contributed by atoms with van der Waals surface area (Å²) in [6, 6.07) is 3.16. The minimum absolute atomic E-state index is 0.236. The van der Waals surface area contributed by atoms with Crippen LogP contribution in [0.4, 0.5) is 22.0 Å². The maximum atomic E-state index is 13.9. The Morgan fingerprint density at radius 1 is 1.12 bits per heavy atom. The first-order valence-electron chi connectivity index (χ1n) is 6.03. The Balaban J connectivity index is 2.73. The lowest BCUT2D eigenvalue weighted by Gasteiger charge is -2.13. The van der Waals surface area contributed by atoms with Gasteiger partial charge in [-0.25, -0.2) is 8.78 Å². The van der Waals surface area contributed by atoms with Crippen molar-refractivity contribution < 1.29 is 44.1 Å². The highest BCUT2D eigenvalue weighted by atomic mass is 32.2. The lowest BCUT2D eigenvalue weighted by atomic mass is 10.1. The fourth-order valence-electron chi connectivity index (χ4n) is 1.79. The van der Waals surface area contributed by atoms with Crippen LogP contribution in [-0.4, -0.2) is 19.9 Å². The Labute approximate surface area is 131 Å². The van der Waals surface area contributed by atoms with Gasteiger partial charge in [-0.15, -0.1) is 0 Å². The molecular weight excluding hydrogens is 363 g/mol. The van der Waals surface area contributed by atoms with Crippen LogP contribution < -0.4 is 8.92 Å². The first kappa shape index (κ1) is 17.9. The van der Waals surface area contributed by atoms with Crippen LogP contribution in [0.2, 0.25) is 0 Å². The second-order valence-electron chi connectivity index (χ2n) is 4.46. The Bertz CT molecular complexity index is 920. The molecule has 130 valence electrons. The van der Waals surface area contributed by atoms with Crippen LogP contribution >= 0.6 is 0 Å². The van der Waals surface area contributed by atoms with E-state index >= 15 is 0 Å². The molecule has 5 nitrogen and oxygen atoms in total. The van der Waals surface area contributed by atoms with Crippen molar-refractivity contribution in [3.05, 3.63) is 35.9 Å². The molecule has 0 unspecified atom stereocenters. The van der Waals surface area contributed by atoms with Crippen LogP contribution in [0.3, 0.4) is 0 Å². The summed E-state index contributed by atoms with van der Waals surface area (Å²) in [4.78, 5) is 10.9. The van der Waals surface area contributed by atoms with Gasteiger partial charge in [0, 0.05) is 13.0 Å². The number of halogens is 5. The molecule has 24 heavy (non-hydrogen) atoms. The molecule has 0 bridgehead atoms. The highest BCUT2D eigenvalue weighted by molar-refractivity contribution is 7.88. The minimum Gasteiger partial charge on any atom is -0.427 e. The van der Waals surface area contributed by atoms with Crippen LogP contribution in [0.1, 0.15) is 6.92 Å². The van der Waals surface area contributed by atoms with Crippen LogP contribution in [0.25, 0.3) is 10.8 Å². The molecular formula is C13H7F5O5S. The van der Waals surface area contributed by atoms with Gasteiger partial charge in [0.15, 0.2) is 17.4 Å². The number of benzene rings is 2. The van der Waals surface area contributed by atoms with Crippen molar-refractivity contribution >= 4 is 26.9 Å². The number of carbonyl (C=O) groups excluding carboxylic acids is 1. The fraction of sp³-hybridized carbons (Fsp3) is 0.154. The highest BCUT2D eigenvalue weighted by Gasteiger charge is 2.49. The summed E-state index contributed by atoms with van der Waals surface area (Å²) in [5.41, 5.74) is -5.79. The average molecular weight is 370 g/mol. The van der Waals surface area contributed by atoms with E-state index in [1.54, 1.807) is 0 Å². The normalized spacial score (nSPS) is 12.2. The molecule has 11 heteroatoms. The van der Waals surface area contributed by atoms with Gasteiger partial charge in [-0.2, -0.15) is 21.6 Å². The van der Waals surface area contributed by atoms with Gasteiger partial charge in [-0.1, -0.05) is 6.07 Å². The largest absolute Gasteiger partial charge is 0.534 e. The molecule has 0 heterocycles. The summed E-state index contributed by atoms with van der Waals surface area (Å²) in [6.45, 7) is 0.975. The molecule has 0 atom stereocenters. The van der Waals surface area contributed by atoms with Crippen molar-refractivity contribution in [2.24, 2.45) is 0 Å². The predicted molar refractivity (Wildman–Crippen MR) is 70.8 cm³/mol. The first-order chi connectivity index (χ1) is 10.9. The van der Waals surface area contributed by atoms with E-state index in [0.29, 0.717) is 12.1 Å². The number of esters is 1. The van der Waals surface area contributed by atoms with E-state index in [-0.39, 0.29) is 5.39 Å². The summed E-state index contributed by atoms with van der Waals surface area (Å²) in [7, 11) is -6.15. The molecule has 0 amide bonds. The summed E-state index contributed by atoms with van der Waals surface area (Å²) in [6.07, 6.45) is 0. The highest BCUT2D eigenvalue weighted by Crippen LogP contribution is 2.37. The van der Waals surface area contributed by atoms with E-state index in [1.807, 2.05) is 0 Å². The van der Waals surface area contributed by atoms with Crippen LogP contribution in [-0.2, 0) is 14.9 Å². The van der Waals surface area contributed by atoms with Crippen molar-refractivity contribution in [1.82, 2.24) is 0 Å². The van der Waals surface area contributed by atoms with Crippen molar-refractivity contribution in [2.45, 2.75) is 12.4 Å². The summed E-state index contributed by atoms with van der Waals surface area (Å²) < 4.78 is 95.3. The third kappa shape index (κ3) is 3.40. The number of alkyl halides is 3. The number of ether oxygens (including phenoxy) is 1. The molecule has 0 fully saturated rings. The van der Waals surface area contributed by atoms with E-state index < -0.39 is 50.1 Å². The second-order valence-corrected chi connectivity index (χ2v) is 6.00. The number of hydrogen-bond acceptors (Lipinski definition) is 5. The molecule has 0 spiro atoms. The molecule has 2 aromatic carbocycles. The topological polar surface area (TPSA) is 69.7 Å². The van der Waals surface area contributed by atoms with Gasteiger partial charge in [-0.05, 0) is 17.5 Å². The van der Waals surface area contributed by atoms with Gasteiger partial charge in [-0.3, -0.25) is 4.79 Å². The summed E-state index contributed by atoms with van der Waals surface area (Å²) in [5, 5.41) is -1.08. The molecule has 0 saturated heterocycles. The third-order valence-corrected chi connectivity index (χ3v) is 3.66. The lowest BCUT2D eigenvalue weighted by Crippen LogP contribution is -2.28. The van der Waals surface area contributed by atoms with E-state index in [1.165, 1.54) is 0 Å². The van der Waals surface area contributed by atoms with Gasteiger partial charge < -0.3 is 8.92 Å². The maximum Gasteiger partial charge on any atom is 0.534 e. The van der Waals surface area contributed by atoms with E-state index in [9.17, 15) is 35.2 Å². The molecule has 0 aliphatic rings. The molecule has 0 N–H and O–H groups in total. The summed E-state index contributed by atoms with van der Waals surface area (Å²) >= 11 is 0. The zero-order valence-corrected chi connectivity index (χ0v) is 12.5. The van der Waals surface area contributed by atoms with E-state index in [2.05, 4.69) is 8.92 Å². The van der Waals surface area contributed by atoms with Gasteiger partial charge in [0.1, 0.15) is 5.75 Å². The van der Waals surface area contributed by atoms with Crippen molar-refractivity contribution in [3.63, 3.8) is 0 Å². The number of hydrogen-bond donors (Lipinski definition) is 0. The molecule has 0 aromatic heterocycles. The van der Waals surface area contributed by atoms with Gasteiger partial charge >= 0.3 is 21.6 Å². The number of carbonyl (C=O) groups is 1. The smallest absolute Gasteiger partial charge is 0.427 e. The Kier molecular flexibility index (Phi) is 4.40. The van der Waals surface area contributed by atoms with Crippen LogP contribution in [0.15, 0.2) is 24.3 Å². The van der Waals surface area contributed by atoms with Crippen molar-refractivity contribution in [3.8, 4) is 11.5 Å². The average Bonchev–Trinajstić information content (AvgIpc) is 2.40. The van der Waals surface area contributed by atoms with Gasteiger partial charge in [0.25, 0.3) is 0 Å². The van der Waals surface area contributed by atoms with Gasteiger partial charge in [0.2, 0.25) is 0 Å². The molecule has 0 aliphatic heterocycles. The molecule has 2 aromatic rings. The monoisotopic (exact) mass is 370 g/mol. The van der Waals surface area contributed by atoms with E-state index in [4.69, 9.17) is 0 Å². The second kappa shape index (κ2) is 5.89. The number of rotatable bonds is 3. The molecule has 0 saturated carbocycles. The molecule has 2 rings (SSSR count). The van der Waals surface area contributed by atoms with Crippen LogP contribution in [0, 0.1) is 11.6 Å².